The molecule has 0 amide bonds. The summed E-state index contributed by atoms with van der Waals surface area (Å²) in [4.78, 5) is 4.74. The molecular formula is C16H22N2. The van der Waals surface area contributed by atoms with Gasteiger partial charge in [-0.1, -0.05) is 45.0 Å². The van der Waals surface area contributed by atoms with Crippen molar-refractivity contribution in [1.82, 2.24) is 10.3 Å². The molecule has 0 aliphatic rings. The highest BCUT2D eigenvalue weighted by atomic mass is 14.9. The van der Waals surface area contributed by atoms with Gasteiger partial charge in [0, 0.05) is 23.5 Å². The van der Waals surface area contributed by atoms with Crippen molar-refractivity contribution in [3.8, 4) is 0 Å². The van der Waals surface area contributed by atoms with Gasteiger partial charge in [0.2, 0.25) is 0 Å². The Morgan fingerprint density at radius 3 is 2.61 bits per heavy atom. The standard InChI is InChI=1S/C16H22N2/c1-4-17-16(12(2)3)11-14-10-9-13-7-5-6-8-15(13)18-14/h5-10,12,16-17H,4,11H2,1-3H3. The maximum Gasteiger partial charge on any atom is 0.0705 e. The highest BCUT2D eigenvalue weighted by Gasteiger charge is 2.13. The second kappa shape index (κ2) is 5.96. The minimum absolute atomic E-state index is 0.503. The lowest BCUT2D eigenvalue weighted by molar-refractivity contribution is 0.403. The van der Waals surface area contributed by atoms with Crippen LogP contribution in [0.4, 0.5) is 0 Å². The lowest BCUT2D eigenvalue weighted by atomic mass is 9.98. The molecule has 0 saturated heterocycles. The molecule has 96 valence electrons. The van der Waals surface area contributed by atoms with Gasteiger partial charge in [-0.25, -0.2) is 0 Å². The van der Waals surface area contributed by atoms with E-state index in [2.05, 4.69) is 56.4 Å². The summed E-state index contributed by atoms with van der Waals surface area (Å²) >= 11 is 0. The molecule has 2 rings (SSSR count). The molecule has 1 atom stereocenters. The Morgan fingerprint density at radius 1 is 1.11 bits per heavy atom. The van der Waals surface area contributed by atoms with E-state index < -0.39 is 0 Å². The first-order valence-electron chi connectivity index (χ1n) is 6.78. The molecule has 2 nitrogen and oxygen atoms in total. The monoisotopic (exact) mass is 242 g/mol. The van der Waals surface area contributed by atoms with Gasteiger partial charge in [0.05, 0.1) is 5.52 Å². The van der Waals surface area contributed by atoms with Crippen molar-refractivity contribution in [2.24, 2.45) is 5.92 Å². The van der Waals surface area contributed by atoms with Crippen LogP contribution in [-0.4, -0.2) is 17.6 Å². The fourth-order valence-electron chi connectivity index (χ4n) is 2.25. The van der Waals surface area contributed by atoms with E-state index in [4.69, 9.17) is 4.98 Å². The van der Waals surface area contributed by atoms with Crippen molar-refractivity contribution in [3.63, 3.8) is 0 Å². The summed E-state index contributed by atoms with van der Waals surface area (Å²) in [6.45, 7) is 7.68. The van der Waals surface area contributed by atoms with E-state index in [1.807, 2.05) is 6.07 Å². The highest BCUT2D eigenvalue weighted by molar-refractivity contribution is 5.78. The van der Waals surface area contributed by atoms with Crippen molar-refractivity contribution in [2.75, 3.05) is 6.54 Å². The van der Waals surface area contributed by atoms with E-state index in [1.165, 1.54) is 11.1 Å². The number of pyridine rings is 1. The Bertz CT molecular complexity index is 505. The molecule has 1 N–H and O–H groups in total. The zero-order valence-electron chi connectivity index (χ0n) is 11.5. The van der Waals surface area contributed by atoms with Gasteiger partial charge < -0.3 is 5.32 Å². The maximum absolute atomic E-state index is 4.74. The summed E-state index contributed by atoms with van der Waals surface area (Å²) in [5.41, 5.74) is 2.27. The van der Waals surface area contributed by atoms with Crippen molar-refractivity contribution in [3.05, 3.63) is 42.1 Å². The normalized spacial score (nSPS) is 13.1. The van der Waals surface area contributed by atoms with Crippen LogP contribution < -0.4 is 5.32 Å². The number of aromatic nitrogens is 1. The van der Waals surface area contributed by atoms with Gasteiger partial charge in [0.15, 0.2) is 0 Å². The number of rotatable bonds is 5. The van der Waals surface area contributed by atoms with Crippen LogP contribution in [-0.2, 0) is 6.42 Å². The molecule has 2 aromatic rings. The summed E-state index contributed by atoms with van der Waals surface area (Å²) in [5.74, 6) is 0.623. The minimum atomic E-state index is 0.503. The number of para-hydroxylation sites is 1. The molecule has 1 aromatic carbocycles. The van der Waals surface area contributed by atoms with Crippen molar-refractivity contribution in [1.29, 1.82) is 0 Å². The Hall–Kier alpha value is -1.41. The van der Waals surface area contributed by atoms with Crippen LogP contribution in [0.2, 0.25) is 0 Å². The lowest BCUT2D eigenvalue weighted by Crippen LogP contribution is -2.35. The largest absolute Gasteiger partial charge is 0.314 e. The van der Waals surface area contributed by atoms with Gasteiger partial charge in [-0.05, 0) is 24.6 Å². The minimum Gasteiger partial charge on any atom is -0.314 e. The molecule has 1 aromatic heterocycles. The second-order valence-corrected chi connectivity index (χ2v) is 5.11. The number of likely N-dealkylation sites (N-methyl/N-ethyl adjacent to an activating group) is 1. The summed E-state index contributed by atoms with van der Waals surface area (Å²) in [7, 11) is 0. The third kappa shape index (κ3) is 3.08. The molecular weight excluding hydrogens is 220 g/mol. The molecule has 0 fully saturated rings. The Balaban J connectivity index is 2.20. The first-order chi connectivity index (χ1) is 8.70. The molecule has 18 heavy (non-hydrogen) atoms. The Morgan fingerprint density at radius 2 is 1.89 bits per heavy atom. The molecule has 0 aliphatic carbocycles. The summed E-state index contributed by atoms with van der Waals surface area (Å²) in [5, 5.41) is 4.75. The SMILES string of the molecule is CCNC(Cc1ccc2ccccc2n1)C(C)C. The number of hydrogen-bond acceptors (Lipinski definition) is 2. The van der Waals surface area contributed by atoms with Gasteiger partial charge in [-0.15, -0.1) is 0 Å². The molecule has 0 radical (unpaired) electrons. The predicted octanol–water partition coefficient (Wildman–Crippen LogP) is 3.41. The zero-order valence-corrected chi connectivity index (χ0v) is 11.5. The van der Waals surface area contributed by atoms with Gasteiger partial charge in [-0.3, -0.25) is 4.98 Å². The summed E-state index contributed by atoms with van der Waals surface area (Å²) < 4.78 is 0. The van der Waals surface area contributed by atoms with Crippen LogP contribution in [0.3, 0.4) is 0 Å². The maximum atomic E-state index is 4.74. The summed E-state index contributed by atoms with van der Waals surface area (Å²) in [6, 6.07) is 13.1. The van der Waals surface area contributed by atoms with E-state index in [-0.39, 0.29) is 0 Å². The second-order valence-electron chi connectivity index (χ2n) is 5.11. The lowest BCUT2D eigenvalue weighted by Gasteiger charge is -2.21. The van der Waals surface area contributed by atoms with E-state index in [1.54, 1.807) is 0 Å². The number of nitrogens with zero attached hydrogens (tertiary/aromatic N) is 1. The number of hydrogen-bond donors (Lipinski definition) is 1. The van der Waals surface area contributed by atoms with Crippen molar-refractivity contribution < 1.29 is 0 Å². The van der Waals surface area contributed by atoms with Crippen LogP contribution >= 0.6 is 0 Å². The van der Waals surface area contributed by atoms with Gasteiger partial charge in [-0.2, -0.15) is 0 Å². The average Bonchev–Trinajstić information content (AvgIpc) is 2.38. The van der Waals surface area contributed by atoms with Crippen molar-refractivity contribution >= 4 is 10.9 Å². The average molecular weight is 242 g/mol. The molecule has 1 unspecified atom stereocenters. The zero-order chi connectivity index (χ0) is 13.0. The van der Waals surface area contributed by atoms with Crippen LogP contribution in [0.5, 0.6) is 0 Å². The molecule has 0 saturated carbocycles. The van der Waals surface area contributed by atoms with Crippen LogP contribution in [0.1, 0.15) is 26.5 Å². The molecule has 0 aliphatic heterocycles. The first kappa shape index (κ1) is 13.0. The fourth-order valence-corrected chi connectivity index (χ4v) is 2.25. The highest BCUT2D eigenvalue weighted by Crippen LogP contribution is 2.14. The van der Waals surface area contributed by atoms with E-state index in [9.17, 15) is 0 Å². The topological polar surface area (TPSA) is 24.9 Å². The van der Waals surface area contributed by atoms with E-state index >= 15 is 0 Å². The molecule has 1 heterocycles. The third-order valence-electron chi connectivity index (χ3n) is 3.36. The first-order valence-corrected chi connectivity index (χ1v) is 6.78. The molecule has 2 heteroatoms. The van der Waals surface area contributed by atoms with E-state index in [0.29, 0.717) is 12.0 Å². The van der Waals surface area contributed by atoms with Crippen LogP contribution in [0, 0.1) is 5.92 Å². The van der Waals surface area contributed by atoms with E-state index in [0.717, 1.165) is 18.5 Å². The fraction of sp³-hybridized carbons (Fsp3) is 0.438. The predicted molar refractivity (Wildman–Crippen MR) is 77.7 cm³/mol. The number of fused-ring (bicyclic) bond motifs is 1. The molecule has 0 bridgehead atoms. The smallest absolute Gasteiger partial charge is 0.0705 e. The third-order valence-corrected chi connectivity index (χ3v) is 3.36. The Kier molecular flexibility index (Phi) is 4.32. The Labute approximate surface area is 109 Å². The number of nitrogens with one attached hydrogen (secondary N) is 1. The summed E-state index contributed by atoms with van der Waals surface area (Å²) in [6.07, 6.45) is 0.996. The van der Waals surface area contributed by atoms with Crippen LogP contribution in [0.15, 0.2) is 36.4 Å². The van der Waals surface area contributed by atoms with Gasteiger partial charge in [0.25, 0.3) is 0 Å². The number of benzene rings is 1. The van der Waals surface area contributed by atoms with Gasteiger partial charge in [0.1, 0.15) is 0 Å². The van der Waals surface area contributed by atoms with Crippen molar-refractivity contribution in [2.45, 2.75) is 33.2 Å². The molecule has 0 spiro atoms. The quantitative estimate of drug-likeness (QED) is 0.869. The van der Waals surface area contributed by atoms with Gasteiger partial charge >= 0.3 is 0 Å². The van der Waals surface area contributed by atoms with Crippen LogP contribution in [0.25, 0.3) is 10.9 Å².